The van der Waals surface area contributed by atoms with Crippen LogP contribution in [0, 0.1) is 11.8 Å². The van der Waals surface area contributed by atoms with Gasteiger partial charge in [-0.15, -0.1) is 0 Å². The molecule has 90 valence electrons. The van der Waals surface area contributed by atoms with Gasteiger partial charge >= 0.3 is 0 Å². The van der Waals surface area contributed by atoms with Crippen LogP contribution in [0.2, 0.25) is 0 Å². The molecular formula is C15H19NO. The highest BCUT2D eigenvalue weighted by Crippen LogP contribution is 2.42. The van der Waals surface area contributed by atoms with Crippen molar-refractivity contribution in [3.63, 3.8) is 0 Å². The van der Waals surface area contributed by atoms with Crippen LogP contribution in [0.4, 0.5) is 0 Å². The van der Waals surface area contributed by atoms with Crippen LogP contribution in [-0.2, 0) is 6.54 Å². The van der Waals surface area contributed by atoms with E-state index in [2.05, 4.69) is 29.6 Å². The zero-order valence-electron chi connectivity index (χ0n) is 10.2. The van der Waals surface area contributed by atoms with Crippen molar-refractivity contribution >= 4 is 0 Å². The summed E-state index contributed by atoms with van der Waals surface area (Å²) in [6.07, 6.45) is 7.36. The highest BCUT2D eigenvalue weighted by atomic mass is 16.5. The number of nitrogens with one attached hydrogen (secondary N) is 1. The van der Waals surface area contributed by atoms with Crippen molar-refractivity contribution in [2.45, 2.75) is 25.4 Å². The Kier molecular flexibility index (Phi) is 2.89. The molecule has 1 saturated carbocycles. The van der Waals surface area contributed by atoms with E-state index in [1.807, 2.05) is 12.1 Å². The van der Waals surface area contributed by atoms with E-state index in [1.54, 1.807) is 7.11 Å². The van der Waals surface area contributed by atoms with Crippen molar-refractivity contribution in [3.8, 4) is 5.75 Å². The molecule has 1 aromatic rings. The van der Waals surface area contributed by atoms with Crippen molar-refractivity contribution in [3.05, 3.63) is 42.0 Å². The number of methoxy groups -OCH3 is 1. The van der Waals surface area contributed by atoms with E-state index in [-0.39, 0.29) is 0 Å². The third-order valence-corrected chi connectivity index (χ3v) is 4.09. The second kappa shape index (κ2) is 4.53. The summed E-state index contributed by atoms with van der Waals surface area (Å²) in [6, 6.07) is 9.01. The summed E-state index contributed by atoms with van der Waals surface area (Å²) in [5.74, 6) is 2.66. The van der Waals surface area contributed by atoms with Crippen molar-refractivity contribution in [2.24, 2.45) is 11.8 Å². The van der Waals surface area contributed by atoms with E-state index in [0.717, 1.165) is 24.1 Å². The monoisotopic (exact) mass is 229 g/mol. The van der Waals surface area contributed by atoms with Gasteiger partial charge in [-0.05, 0) is 42.4 Å². The van der Waals surface area contributed by atoms with Crippen LogP contribution < -0.4 is 10.1 Å². The first kappa shape index (κ1) is 10.8. The Morgan fingerprint density at radius 3 is 2.82 bits per heavy atom. The van der Waals surface area contributed by atoms with Gasteiger partial charge in [0.05, 0.1) is 7.11 Å². The number of benzene rings is 1. The van der Waals surface area contributed by atoms with Gasteiger partial charge in [0.2, 0.25) is 0 Å². The third kappa shape index (κ3) is 2.09. The molecule has 2 heteroatoms. The molecule has 2 nitrogen and oxygen atoms in total. The molecule has 0 amide bonds. The molecular weight excluding hydrogens is 210 g/mol. The smallest absolute Gasteiger partial charge is 0.118 e. The fourth-order valence-electron chi connectivity index (χ4n) is 2.94. The van der Waals surface area contributed by atoms with Crippen LogP contribution >= 0.6 is 0 Å². The minimum absolute atomic E-state index is 0.695. The minimum Gasteiger partial charge on any atom is -0.497 e. The summed E-state index contributed by atoms with van der Waals surface area (Å²) < 4.78 is 5.15. The van der Waals surface area contributed by atoms with Crippen LogP contribution in [0.5, 0.6) is 5.75 Å². The molecule has 2 aliphatic rings. The van der Waals surface area contributed by atoms with E-state index < -0.39 is 0 Å². The maximum atomic E-state index is 5.15. The zero-order valence-corrected chi connectivity index (χ0v) is 10.2. The van der Waals surface area contributed by atoms with Crippen LogP contribution in [-0.4, -0.2) is 13.2 Å². The molecule has 3 atom stereocenters. The molecule has 0 spiro atoms. The Balaban J connectivity index is 1.52. The summed E-state index contributed by atoms with van der Waals surface area (Å²) >= 11 is 0. The highest BCUT2D eigenvalue weighted by Gasteiger charge is 2.40. The number of rotatable bonds is 4. The molecule has 0 aromatic heterocycles. The third-order valence-electron chi connectivity index (χ3n) is 4.09. The summed E-state index contributed by atoms with van der Waals surface area (Å²) in [7, 11) is 1.70. The van der Waals surface area contributed by atoms with Crippen molar-refractivity contribution in [1.29, 1.82) is 0 Å². The number of hydrogen-bond acceptors (Lipinski definition) is 2. The molecule has 0 bridgehead atoms. The molecule has 0 aliphatic heterocycles. The fraction of sp³-hybridized carbons (Fsp3) is 0.467. The van der Waals surface area contributed by atoms with Gasteiger partial charge in [0.1, 0.15) is 5.75 Å². The van der Waals surface area contributed by atoms with Crippen LogP contribution in [0.25, 0.3) is 0 Å². The molecule has 17 heavy (non-hydrogen) atoms. The quantitative estimate of drug-likeness (QED) is 0.802. The second-order valence-electron chi connectivity index (χ2n) is 5.07. The fourth-order valence-corrected chi connectivity index (χ4v) is 2.94. The SMILES string of the molecule is COc1ccc(CNC2CC3CC=CC32)cc1. The van der Waals surface area contributed by atoms with Crippen LogP contribution in [0.3, 0.4) is 0 Å². The van der Waals surface area contributed by atoms with Crippen molar-refractivity contribution in [2.75, 3.05) is 7.11 Å². The van der Waals surface area contributed by atoms with Gasteiger partial charge in [-0.3, -0.25) is 0 Å². The molecule has 1 aromatic carbocycles. The molecule has 0 saturated heterocycles. The molecule has 2 aliphatic carbocycles. The predicted octanol–water partition coefficient (Wildman–Crippen LogP) is 2.75. The minimum atomic E-state index is 0.695. The Hall–Kier alpha value is -1.28. The Labute approximate surface area is 103 Å². The molecule has 3 rings (SSSR count). The maximum Gasteiger partial charge on any atom is 0.118 e. The molecule has 0 radical (unpaired) electrons. The van der Waals surface area contributed by atoms with Crippen LogP contribution in [0.15, 0.2) is 36.4 Å². The van der Waals surface area contributed by atoms with E-state index in [9.17, 15) is 0 Å². The van der Waals surface area contributed by atoms with Crippen molar-refractivity contribution in [1.82, 2.24) is 5.32 Å². The van der Waals surface area contributed by atoms with E-state index in [4.69, 9.17) is 4.74 Å². The lowest BCUT2D eigenvalue weighted by molar-refractivity contribution is 0.162. The number of allylic oxidation sites excluding steroid dienone is 1. The van der Waals surface area contributed by atoms with Gasteiger partial charge in [-0.2, -0.15) is 0 Å². The second-order valence-corrected chi connectivity index (χ2v) is 5.07. The summed E-state index contributed by atoms with van der Waals surface area (Å²) in [6.45, 7) is 0.964. The largest absolute Gasteiger partial charge is 0.497 e. The number of fused-ring (bicyclic) bond motifs is 1. The topological polar surface area (TPSA) is 21.3 Å². The van der Waals surface area contributed by atoms with Crippen LogP contribution in [0.1, 0.15) is 18.4 Å². The normalized spacial score (nSPS) is 29.8. The average molecular weight is 229 g/mol. The molecule has 0 heterocycles. The van der Waals surface area contributed by atoms with Gasteiger partial charge in [0.15, 0.2) is 0 Å². The Morgan fingerprint density at radius 2 is 2.12 bits per heavy atom. The van der Waals surface area contributed by atoms with E-state index >= 15 is 0 Å². The Bertz CT molecular complexity index is 409. The van der Waals surface area contributed by atoms with Crippen molar-refractivity contribution < 1.29 is 4.74 Å². The summed E-state index contributed by atoms with van der Waals surface area (Å²) in [5, 5.41) is 3.65. The van der Waals surface area contributed by atoms with Gasteiger partial charge in [-0.1, -0.05) is 24.3 Å². The summed E-state index contributed by atoms with van der Waals surface area (Å²) in [5.41, 5.74) is 1.33. The number of ether oxygens (including phenoxy) is 1. The zero-order chi connectivity index (χ0) is 11.7. The molecule has 1 N–H and O–H groups in total. The van der Waals surface area contributed by atoms with Gasteiger partial charge < -0.3 is 10.1 Å². The lowest BCUT2D eigenvalue weighted by atomic mass is 9.71. The lowest BCUT2D eigenvalue weighted by Crippen LogP contribution is -2.47. The number of hydrogen-bond donors (Lipinski definition) is 1. The lowest BCUT2D eigenvalue weighted by Gasteiger charge is -2.40. The van der Waals surface area contributed by atoms with Gasteiger partial charge in [0, 0.05) is 12.6 Å². The molecule has 1 fully saturated rings. The Morgan fingerprint density at radius 1 is 1.29 bits per heavy atom. The average Bonchev–Trinajstić information content (AvgIpc) is 2.72. The predicted molar refractivity (Wildman–Crippen MR) is 69.0 cm³/mol. The first-order valence-corrected chi connectivity index (χ1v) is 6.40. The highest BCUT2D eigenvalue weighted by molar-refractivity contribution is 5.27. The van der Waals surface area contributed by atoms with E-state index in [0.29, 0.717) is 6.04 Å². The first-order chi connectivity index (χ1) is 8.36. The van der Waals surface area contributed by atoms with E-state index in [1.165, 1.54) is 18.4 Å². The van der Waals surface area contributed by atoms with Gasteiger partial charge in [0.25, 0.3) is 0 Å². The van der Waals surface area contributed by atoms with Gasteiger partial charge in [-0.25, -0.2) is 0 Å². The summed E-state index contributed by atoms with van der Waals surface area (Å²) in [4.78, 5) is 0. The first-order valence-electron chi connectivity index (χ1n) is 6.40. The molecule has 3 unspecified atom stereocenters. The standard InChI is InChI=1S/C15H19NO/c1-17-13-7-5-11(6-8-13)10-16-15-9-12-3-2-4-14(12)15/h2,4-8,12,14-16H,3,9-10H2,1H3. The maximum absolute atomic E-state index is 5.15.